The Hall–Kier alpha value is -3.16. The Morgan fingerprint density at radius 2 is 1.87 bits per heavy atom. The average molecular weight is 422 g/mol. The molecular formula is C24H26N2O5. The number of allylic oxidation sites excluding steroid dienone is 1. The molecule has 0 bridgehead atoms. The zero-order chi connectivity index (χ0) is 22.1. The number of phenols is 1. The highest BCUT2D eigenvalue weighted by Crippen LogP contribution is 2.42. The van der Waals surface area contributed by atoms with E-state index in [1.807, 2.05) is 0 Å². The first-order chi connectivity index (χ1) is 14.9. The van der Waals surface area contributed by atoms with E-state index in [9.17, 15) is 14.7 Å². The fraction of sp³-hybridized carbons (Fsp3) is 0.333. The summed E-state index contributed by atoms with van der Waals surface area (Å²) in [6.07, 6.45) is 1.65. The molecule has 1 N–H and O–H groups in total. The number of aryl methyl sites for hydroxylation is 1. The molecule has 2 aromatic rings. The second kappa shape index (κ2) is 8.53. The van der Waals surface area contributed by atoms with E-state index >= 15 is 0 Å². The number of nitrogens with zero attached hydrogens (tertiary/aromatic N) is 2. The molecule has 0 unspecified atom stereocenters. The van der Waals surface area contributed by atoms with Crippen LogP contribution in [-0.4, -0.2) is 67.0 Å². The van der Waals surface area contributed by atoms with Gasteiger partial charge in [-0.05, 0) is 49.4 Å². The average Bonchev–Trinajstić information content (AvgIpc) is 3.08. The molecule has 7 nitrogen and oxygen atoms in total. The lowest BCUT2D eigenvalue weighted by Crippen LogP contribution is -2.43. The van der Waals surface area contributed by atoms with Crippen molar-refractivity contribution in [3.63, 3.8) is 0 Å². The molecule has 4 rings (SSSR count). The summed E-state index contributed by atoms with van der Waals surface area (Å²) in [7, 11) is 3.42. The molecule has 2 aliphatic rings. The van der Waals surface area contributed by atoms with Crippen molar-refractivity contribution in [3.8, 4) is 11.5 Å². The number of piperazine rings is 1. The topological polar surface area (TPSA) is 79.3 Å². The number of likely N-dealkylation sites (N-methyl/N-ethyl adjacent to an activating group) is 1. The minimum Gasteiger partial charge on any atom is -0.507 e. The van der Waals surface area contributed by atoms with Gasteiger partial charge in [0.05, 0.1) is 23.8 Å². The molecule has 0 aliphatic carbocycles. The SMILES string of the molecule is COC(=O)c1ccc(/C=C2/Oc3c(CN4CCN(C)CC4)c(O)cc(C)c3C2=O)cc1. The van der Waals surface area contributed by atoms with E-state index in [0.29, 0.717) is 34.5 Å². The first-order valence-corrected chi connectivity index (χ1v) is 10.3. The maximum atomic E-state index is 13.1. The zero-order valence-electron chi connectivity index (χ0n) is 18.0. The molecule has 0 amide bonds. The van der Waals surface area contributed by atoms with Gasteiger partial charge in [0.25, 0.3) is 0 Å². The summed E-state index contributed by atoms with van der Waals surface area (Å²) >= 11 is 0. The van der Waals surface area contributed by atoms with Gasteiger partial charge in [-0.25, -0.2) is 4.79 Å². The number of carbonyl (C=O) groups is 2. The molecule has 0 spiro atoms. The molecule has 2 aromatic carbocycles. The molecule has 0 saturated carbocycles. The third kappa shape index (κ3) is 4.19. The van der Waals surface area contributed by atoms with Crippen LogP contribution in [0.25, 0.3) is 6.08 Å². The quantitative estimate of drug-likeness (QED) is 0.600. The Kier molecular flexibility index (Phi) is 5.80. The number of Topliss-reactive ketones (excluding diaryl/α,β-unsaturated/α-hetero) is 1. The lowest BCUT2D eigenvalue weighted by molar-refractivity contribution is 0.0600. The molecule has 31 heavy (non-hydrogen) atoms. The van der Waals surface area contributed by atoms with Gasteiger partial charge in [-0.15, -0.1) is 0 Å². The fourth-order valence-corrected chi connectivity index (χ4v) is 3.95. The number of hydrogen-bond acceptors (Lipinski definition) is 7. The molecule has 2 aliphatic heterocycles. The van der Waals surface area contributed by atoms with Gasteiger partial charge in [-0.2, -0.15) is 0 Å². The van der Waals surface area contributed by atoms with Crippen LogP contribution in [0.5, 0.6) is 11.5 Å². The predicted octanol–water partition coefficient (Wildman–Crippen LogP) is 2.85. The molecule has 0 radical (unpaired) electrons. The predicted molar refractivity (Wildman–Crippen MR) is 116 cm³/mol. The fourth-order valence-electron chi connectivity index (χ4n) is 3.95. The summed E-state index contributed by atoms with van der Waals surface area (Å²) in [4.78, 5) is 29.2. The van der Waals surface area contributed by atoms with Gasteiger partial charge >= 0.3 is 5.97 Å². The highest BCUT2D eigenvalue weighted by Gasteiger charge is 2.34. The number of aromatic hydroxyl groups is 1. The largest absolute Gasteiger partial charge is 0.507 e. The Bertz CT molecular complexity index is 1050. The van der Waals surface area contributed by atoms with Crippen LogP contribution in [0, 0.1) is 6.92 Å². The Labute approximate surface area is 181 Å². The van der Waals surface area contributed by atoms with E-state index in [1.54, 1.807) is 43.3 Å². The Balaban J connectivity index is 1.62. The molecule has 0 atom stereocenters. The third-order valence-electron chi connectivity index (χ3n) is 5.83. The molecular weight excluding hydrogens is 396 g/mol. The highest BCUT2D eigenvalue weighted by atomic mass is 16.5. The van der Waals surface area contributed by atoms with Crippen molar-refractivity contribution in [2.45, 2.75) is 13.5 Å². The number of methoxy groups -OCH3 is 1. The zero-order valence-corrected chi connectivity index (χ0v) is 18.0. The van der Waals surface area contributed by atoms with Crippen LogP contribution in [0.2, 0.25) is 0 Å². The number of benzene rings is 2. The van der Waals surface area contributed by atoms with E-state index in [2.05, 4.69) is 16.8 Å². The minimum atomic E-state index is -0.417. The van der Waals surface area contributed by atoms with Crippen LogP contribution < -0.4 is 4.74 Å². The maximum Gasteiger partial charge on any atom is 0.337 e. The van der Waals surface area contributed by atoms with Gasteiger partial charge in [0.15, 0.2) is 5.76 Å². The van der Waals surface area contributed by atoms with Crippen LogP contribution >= 0.6 is 0 Å². The second-order valence-electron chi connectivity index (χ2n) is 8.03. The summed E-state index contributed by atoms with van der Waals surface area (Å²) in [5, 5.41) is 10.6. The first-order valence-electron chi connectivity index (χ1n) is 10.3. The Morgan fingerprint density at radius 3 is 2.52 bits per heavy atom. The number of ether oxygens (including phenoxy) is 2. The van der Waals surface area contributed by atoms with Gasteiger partial charge in [0.2, 0.25) is 5.78 Å². The summed E-state index contributed by atoms with van der Waals surface area (Å²) in [6, 6.07) is 8.38. The number of rotatable bonds is 4. The van der Waals surface area contributed by atoms with E-state index in [0.717, 1.165) is 31.7 Å². The molecule has 162 valence electrons. The van der Waals surface area contributed by atoms with Crippen molar-refractivity contribution < 1.29 is 24.2 Å². The number of fused-ring (bicyclic) bond motifs is 1. The maximum absolute atomic E-state index is 13.1. The first kappa shape index (κ1) is 21.1. The molecule has 0 aromatic heterocycles. The summed E-state index contributed by atoms with van der Waals surface area (Å²) < 4.78 is 10.7. The van der Waals surface area contributed by atoms with Crippen LogP contribution in [0.3, 0.4) is 0 Å². The summed E-state index contributed by atoms with van der Waals surface area (Å²) in [5.41, 5.74) is 2.99. The standard InChI is InChI=1S/C24H26N2O5/c1-15-12-19(27)18(14-26-10-8-25(2)9-11-26)23-21(15)22(28)20(31-23)13-16-4-6-17(7-5-16)24(29)30-3/h4-7,12-13,27H,8-11,14H2,1-3H3/b20-13+. The van der Waals surface area contributed by atoms with Gasteiger partial charge in [0, 0.05) is 32.7 Å². The number of hydrogen-bond donors (Lipinski definition) is 1. The van der Waals surface area contributed by atoms with Crippen LogP contribution in [-0.2, 0) is 11.3 Å². The van der Waals surface area contributed by atoms with E-state index < -0.39 is 5.97 Å². The van der Waals surface area contributed by atoms with Gasteiger partial charge < -0.3 is 19.5 Å². The van der Waals surface area contributed by atoms with E-state index in [-0.39, 0.29) is 17.3 Å². The van der Waals surface area contributed by atoms with Gasteiger partial charge in [-0.3, -0.25) is 9.69 Å². The third-order valence-corrected chi connectivity index (χ3v) is 5.83. The molecule has 2 heterocycles. The molecule has 7 heteroatoms. The lowest BCUT2D eigenvalue weighted by atomic mass is 9.99. The number of ketones is 1. The smallest absolute Gasteiger partial charge is 0.337 e. The van der Waals surface area contributed by atoms with Crippen molar-refractivity contribution in [2.75, 3.05) is 40.3 Å². The Morgan fingerprint density at radius 1 is 1.19 bits per heavy atom. The number of esters is 1. The summed E-state index contributed by atoms with van der Waals surface area (Å²) in [6.45, 7) is 6.02. The second-order valence-corrected chi connectivity index (χ2v) is 8.03. The highest BCUT2D eigenvalue weighted by molar-refractivity contribution is 6.15. The van der Waals surface area contributed by atoms with Crippen molar-refractivity contribution >= 4 is 17.8 Å². The summed E-state index contributed by atoms with van der Waals surface area (Å²) in [5.74, 6) is 0.170. The lowest BCUT2D eigenvalue weighted by Gasteiger charge is -2.32. The van der Waals surface area contributed by atoms with Crippen LogP contribution in [0.1, 0.15) is 37.4 Å². The number of phenolic OH excluding ortho intramolecular Hbond substituents is 1. The van der Waals surface area contributed by atoms with Gasteiger partial charge in [0.1, 0.15) is 11.5 Å². The van der Waals surface area contributed by atoms with Crippen molar-refractivity contribution in [1.29, 1.82) is 0 Å². The van der Waals surface area contributed by atoms with Crippen molar-refractivity contribution in [2.24, 2.45) is 0 Å². The van der Waals surface area contributed by atoms with E-state index in [1.165, 1.54) is 7.11 Å². The molecule has 1 fully saturated rings. The monoisotopic (exact) mass is 422 g/mol. The van der Waals surface area contributed by atoms with Crippen molar-refractivity contribution in [1.82, 2.24) is 9.80 Å². The van der Waals surface area contributed by atoms with Gasteiger partial charge in [-0.1, -0.05) is 12.1 Å². The normalized spacial score (nSPS) is 18.2. The van der Waals surface area contributed by atoms with Crippen LogP contribution in [0.15, 0.2) is 36.1 Å². The molecule has 1 saturated heterocycles. The number of carbonyl (C=O) groups excluding carboxylic acids is 2. The van der Waals surface area contributed by atoms with E-state index in [4.69, 9.17) is 9.47 Å². The van der Waals surface area contributed by atoms with Crippen molar-refractivity contribution in [3.05, 3.63) is 63.9 Å². The van der Waals surface area contributed by atoms with Crippen LogP contribution in [0.4, 0.5) is 0 Å². The minimum absolute atomic E-state index is 0.145.